The second-order valence-electron chi connectivity index (χ2n) is 4.16. The van der Waals surface area contributed by atoms with Gasteiger partial charge in [0.15, 0.2) is 0 Å². The molecule has 0 amide bonds. The summed E-state index contributed by atoms with van der Waals surface area (Å²) in [6, 6.07) is 6.45. The monoisotopic (exact) mass is 271 g/mol. The average Bonchev–Trinajstić information content (AvgIpc) is 2.41. The van der Waals surface area contributed by atoms with E-state index in [2.05, 4.69) is 5.32 Å². The molecule has 1 unspecified atom stereocenters. The van der Waals surface area contributed by atoms with E-state index in [1.807, 2.05) is 6.92 Å². The molecule has 0 saturated carbocycles. The normalized spacial score (nSPS) is 12.6. The Morgan fingerprint density at radius 3 is 2.84 bits per heavy atom. The lowest BCUT2D eigenvalue weighted by atomic mass is 10.2. The first-order valence-electron chi connectivity index (χ1n) is 6.51. The van der Waals surface area contributed by atoms with Crippen molar-refractivity contribution in [1.29, 1.82) is 0 Å². The van der Waals surface area contributed by atoms with E-state index in [0.717, 1.165) is 0 Å². The maximum absolute atomic E-state index is 13.3. The highest BCUT2D eigenvalue weighted by atomic mass is 19.1. The van der Waals surface area contributed by atoms with Gasteiger partial charge in [-0.15, -0.1) is 0 Å². The Bertz CT molecular complexity index is 349. The number of halogens is 1. The molecule has 0 aliphatic rings. The molecule has 0 aliphatic heterocycles. The van der Waals surface area contributed by atoms with Crippen LogP contribution in [0.5, 0.6) is 0 Å². The van der Waals surface area contributed by atoms with Gasteiger partial charge < -0.3 is 19.9 Å². The molecule has 19 heavy (non-hydrogen) atoms. The van der Waals surface area contributed by atoms with E-state index in [4.69, 9.17) is 9.47 Å². The summed E-state index contributed by atoms with van der Waals surface area (Å²) >= 11 is 0. The molecule has 4 nitrogen and oxygen atoms in total. The minimum absolute atomic E-state index is 0.169. The van der Waals surface area contributed by atoms with Crippen molar-refractivity contribution in [2.75, 3.05) is 32.9 Å². The zero-order valence-electron chi connectivity index (χ0n) is 11.3. The van der Waals surface area contributed by atoms with Crippen LogP contribution < -0.4 is 5.32 Å². The highest BCUT2D eigenvalue weighted by Crippen LogP contribution is 2.07. The maximum Gasteiger partial charge on any atom is 0.128 e. The fraction of sp³-hybridized carbons (Fsp3) is 0.571. The number of aliphatic hydroxyl groups excluding tert-OH is 1. The Morgan fingerprint density at radius 1 is 1.32 bits per heavy atom. The van der Waals surface area contributed by atoms with E-state index in [0.29, 0.717) is 31.9 Å². The van der Waals surface area contributed by atoms with E-state index >= 15 is 0 Å². The zero-order valence-corrected chi connectivity index (χ0v) is 11.3. The van der Waals surface area contributed by atoms with E-state index in [-0.39, 0.29) is 19.0 Å². The molecule has 1 rings (SSSR count). The molecule has 0 spiro atoms. The van der Waals surface area contributed by atoms with Crippen molar-refractivity contribution in [3.8, 4) is 0 Å². The van der Waals surface area contributed by atoms with Crippen LogP contribution in [-0.4, -0.2) is 44.1 Å². The van der Waals surface area contributed by atoms with Gasteiger partial charge in [0.05, 0.1) is 25.9 Å². The van der Waals surface area contributed by atoms with E-state index in [1.54, 1.807) is 18.2 Å². The van der Waals surface area contributed by atoms with Crippen LogP contribution in [0.25, 0.3) is 0 Å². The second-order valence-corrected chi connectivity index (χ2v) is 4.16. The molecule has 1 aromatic carbocycles. The number of ether oxygens (including phenoxy) is 2. The third kappa shape index (κ3) is 7.22. The first-order valence-corrected chi connectivity index (χ1v) is 6.51. The largest absolute Gasteiger partial charge is 0.389 e. The van der Waals surface area contributed by atoms with E-state index in [1.165, 1.54) is 6.07 Å². The van der Waals surface area contributed by atoms with Crippen molar-refractivity contribution in [2.24, 2.45) is 0 Å². The predicted octanol–water partition coefficient (Wildman–Crippen LogP) is 1.33. The standard InChI is InChI=1S/C14H22FNO3/c1-2-18-8-7-16-9-13(17)11-19-10-12-5-3-4-6-14(12)15/h3-6,13,16-17H,2,7-11H2,1H3. The van der Waals surface area contributed by atoms with Crippen molar-refractivity contribution in [3.63, 3.8) is 0 Å². The van der Waals surface area contributed by atoms with Crippen molar-refractivity contribution < 1.29 is 19.0 Å². The predicted molar refractivity (Wildman–Crippen MR) is 71.4 cm³/mol. The molecular weight excluding hydrogens is 249 g/mol. The van der Waals surface area contributed by atoms with Crippen molar-refractivity contribution in [3.05, 3.63) is 35.6 Å². The van der Waals surface area contributed by atoms with Crippen LogP contribution in [0.4, 0.5) is 4.39 Å². The van der Waals surface area contributed by atoms with Gasteiger partial charge in [-0.05, 0) is 13.0 Å². The van der Waals surface area contributed by atoms with Crippen molar-refractivity contribution in [2.45, 2.75) is 19.6 Å². The van der Waals surface area contributed by atoms with Gasteiger partial charge >= 0.3 is 0 Å². The summed E-state index contributed by atoms with van der Waals surface area (Å²) in [4.78, 5) is 0. The third-order valence-corrected chi connectivity index (χ3v) is 2.53. The number of hydrogen-bond donors (Lipinski definition) is 2. The minimum Gasteiger partial charge on any atom is -0.389 e. The molecule has 5 heteroatoms. The molecule has 0 heterocycles. The van der Waals surface area contributed by atoms with Crippen molar-refractivity contribution in [1.82, 2.24) is 5.32 Å². The highest BCUT2D eigenvalue weighted by molar-refractivity contribution is 5.16. The Labute approximate surface area is 113 Å². The Balaban J connectivity index is 2.07. The van der Waals surface area contributed by atoms with Gasteiger partial charge in [0.2, 0.25) is 0 Å². The van der Waals surface area contributed by atoms with Gasteiger partial charge in [-0.25, -0.2) is 4.39 Å². The van der Waals surface area contributed by atoms with Gasteiger partial charge in [0.1, 0.15) is 5.82 Å². The lowest BCUT2D eigenvalue weighted by molar-refractivity contribution is 0.0269. The summed E-state index contributed by atoms with van der Waals surface area (Å²) in [6.45, 7) is 4.72. The molecule has 0 aromatic heterocycles. The molecule has 0 aliphatic carbocycles. The van der Waals surface area contributed by atoms with Gasteiger partial charge in [0, 0.05) is 25.3 Å². The van der Waals surface area contributed by atoms with Gasteiger partial charge in [-0.3, -0.25) is 0 Å². The van der Waals surface area contributed by atoms with Crippen LogP contribution in [0, 0.1) is 5.82 Å². The summed E-state index contributed by atoms with van der Waals surface area (Å²) in [5.41, 5.74) is 0.499. The maximum atomic E-state index is 13.3. The second kappa shape index (κ2) is 9.86. The third-order valence-electron chi connectivity index (χ3n) is 2.53. The van der Waals surface area contributed by atoms with Crippen LogP contribution in [0.3, 0.4) is 0 Å². The van der Waals surface area contributed by atoms with Crippen LogP contribution >= 0.6 is 0 Å². The summed E-state index contributed by atoms with van der Waals surface area (Å²) in [5, 5.41) is 12.7. The quantitative estimate of drug-likeness (QED) is 0.630. The van der Waals surface area contributed by atoms with Crippen LogP contribution in [0.15, 0.2) is 24.3 Å². The number of nitrogens with one attached hydrogen (secondary N) is 1. The first kappa shape index (κ1) is 16.0. The van der Waals surface area contributed by atoms with Crippen molar-refractivity contribution >= 4 is 0 Å². The summed E-state index contributed by atoms with van der Waals surface area (Å²) in [7, 11) is 0. The number of rotatable bonds is 10. The molecule has 108 valence electrons. The fourth-order valence-electron chi connectivity index (χ4n) is 1.54. The van der Waals surface area contributed by atoms with E-state index < -0.39 is 6.10 Å². The Morgan fingerprint density at radius 2 is 2.11 bits per heavy atom. The van der Waals surface area contributed by atoms with Gasteiger partial charge in [-0.1, -0.05) is 18.2 Å². The molecule has 1 aromatic rings. The Hall–Kier alpha value is -1.01. The number of benzene rings is 1. The van der Waals surface area contributed by atoms with Crippen LogP contribution in [0.1, 0.15) is 12.5 Å². The molecule has 0 saturated heterocycles. The van der Waals surface area contributed by atoms with Crippen LogP contribution in [0.2, 0.25) is 0 Å². The first-order chi connectivity index (χ1) is 9.24. The fourth-order valence-corrected chi connectivity index (χ4v) is 1.54. The van der Waals surface area contributed by atoms with E-state index in [9.17, 15) is 9.50 Å². The zero-order chi connectivity index (χ0) is 13.9. The molecule has 2 N–H and O–H groups in total. The minimum atomic E-state index is -0.603. The number of aliphatic hydroxyl groups is 1. The summed E-state index contributed by atoms with van der Waals surface area (Å²) in [6.07, 6.45) is -0.603. The molecule has 0 fully saturated rings. The molecule has 0 radical (unpaired) electrons. The lowest BCUT2D eigenvalue weighted by Crippen LogP contribution is -2.32. The molecule has 1 atom stereocenters. The summed E-state index contributed by atoms with van der Waals surface area (Å²) in [5.74, 6) is -0.285. The smallest absolute Gasteiger partial charge is 0.128 e. The SMILES string of the molecule is CCOCCNCC(O)COCc1ccccc1F. The molecular formula is C14H22FNO3. The summed E-state index contributed by atoms with van der Waals surface area (Å²) < 4.78 is 23.7. The number of hydrogen-bond acceptors (Lipinski definition) is 4. The highest BCUT2D eigenvalue weighted by Gasteiger charge is 2.05. The molecule has 0 bridgehead atoms. The van der Waals surface area contributed by atoms with Crippen LogP contribution in [-0.2, 0) is 16.1 Å². The lowest BCUT2D eigenvalue weighted by Gasteiger charge is -2.12. The average molecular weight is 271 g/mol. The van der Waals surface area contributed by atoms with Gasteiger partial charge in [0.25, 0.3) is 0 Å². The Kier molecular flexibility index (Phi) is 8.33. The topological polar surface area (TPSA) is 50.7 Å². The van der Waals surface area contributed by atoms with Gasteiger partial charge in [-0.2, -0.15) is 0 Å².